The second-order valence-electron chi connectivity index (χ2n) is 4.94. The molecule has 0 saturated heterocycles. The lowest BCUT2D eigenvalue weighted by Gasteiger charge is -2.08. The fourth-order valence-electron chi connectivity index (χ4n) is 2.11. The average Bonchev–Trinajstić information content (AvgIpc) is 2.71. The first-order valence-electron chi connectivity index (χ1n) is 6.28. The normalized spacial score (nSPS) is 12.4. The van der Waals surface area contributed by atoms with Gasteiger partial charge in [0.05, 0.1) is 5.52 Å². The molecule has 0 spiro atoms. The number of phosphoric ester groups is 1. The van der Waals surface area contributed by atoms with E-state index in [1.54, 1.807) is 4.57 Å². The van der Waals surface area contributed by atoms with Crippen molar-refractivity contribution in [3.63, 3.8) is 0 Å². The van der Waals surface area contributed by atoms with E-state index in [4.69, 9.17) is 9.79 Å². The van der Waals surface area contributed by atoms with Gasteiger partial charge in [-0.2, -0.15) is 0 Å². The first-order chi connectivity index (χ1) is 9.37. The van der Waals surface area contributed by atoms with E-state index < -0.39 is 7.82 Å². The minimum Gasteiger partial charge on any atom is -0.323 e. The van der Waals surface area contributed by atoms with Crippen LogP contribution < -0.4 is 0 Å². The Morgan fingerprint density at radius 3 is 2.65 bits per heavy atom. The molecule has 0 amide bonds. The van der Waals surface area contributed by atoms with Crippen LogP contribution in [-0.4, -0.2) is 39.9 Å². The van der Waals surface area contributed by atoms with Gasteiger partial charge in [-0.1, -0.05) is 18.2 Å². The van der Waals surface area contributed by atoms with Gasteiger partial charge >= 0.3 is 7.82 Å². The van der Waals surface area contributed by atoms with Crippen LogP contribution in [0.5, 0.6) is 0 Å². The van der Waals surface area contributed by atoms with Gasteiger partial charge in [0.25, 0.3) is 0 Å². The molecule has 0 aliphatic heterocycles. The number of rotatable bonds is 6. The first-order valence-corrected chi connectivity index (χ1v) is 7.81. The summed E-state index contributed by atoms with van der Waals surface area (Å²) in [7, 11) is -0.440. The Hall–Kier alpha value is -1.17. The summed E-state index contributed by atoms with van der Waals surface area (Å²) in [5.41, 5.74) is 2.05. The monoisotopic (exact) mass is 298 g/mol. The standard InChI is InChI=1S/C13H19N2O4P/c1-14(2)8-7-11-9-15(10-19-20(16,17)18)13-6-4-3-5-12(11)13/h3-6,9H,7-8,10H2,1-2H3,(H2,16,17,18). The highest BCUT2D eigenvalue weighted by atomic mass is 31.2. The third-order valence-corrected chi connectivity index (χ3v) is 3.52. The van der Waals surface area contributed by atoms with Gasteiger partial charge in [0.2, 0.25) is 0 Å². The molecule has 0 atom stereocenters. The predicted octanol–water partition coefficient (Wildman–Crippen LogP) is 1.81. The summed E-state index contributed by atoms with van der Waals surface area (Å²) in [4.78, 5) is 19.7. The van der Waals surface area contributed by atoms with Gasteiger partial charge in [0, 0.05) is 18.1 Å². The Labute approximate surface area is 117 Å². The predicted molar refractivity (Wildman–Crippen MR) is 77.3 cm³/mol. The fraction of sp³-hybridized carbons (Fsp3) is 0.385. The number of para-hydroxylation sites is 1. The Kier molecular flexibility index (Phi) is 4.62. The van der Waals surface area contributed by atoms with Gasteiger partial charge in [-0.25, -0.2) is 4.57 Å². The number of hydrogen-bond acceptors (Lipinski definition) is 3. The summed E-state index contributed by atoms with van der Waals surface area (Å²) >= 11 is 0. The van der Waals surface area contributed by atoms with E-state index in [0.717, 1.165) is 29.4 Å². The first kappa shape index (κ1) is 15.2. The van der Waals surface area contributed by atoms with Gasteiger partial charge < -0.3 is 19.3 Å². The van der Waals surface area contributed by atoms with Gasteiger partial charge in [0.1, 0.15) is 6.73 Å². The molecule has 20 heavy (non-hydrogen) atoms. The molecule has 7 heteroatoms. The highest BCUT2D eigenvalue weighted by Gasteiger charge is 2.15. The summed E-state index contributed by atoms with van der Waals surface area (Å²) in [6, 6.07) is 7.77. The molecule has 110 valence electrons. The number of fused-ring (bicyclic) bond motifs is 1. The SMILES string of the molecule is CN(C)CCc1cn(COP(=O)(O)O)c2ccccc12. The third-order valence-electron chi connectivity index (χ3n) is 3.06. The van der Waals surface area contributed by atoms with Crippen LogP contribution in [-0.2, 0) is 22.2 Å². The van der Waals surface area contributed by atoms with E-state index in [9.17, 15) is 4.57 Å². The molecular weight excluding hydrogens is 279 g/mol. The van der Waals surface area contributed by atoms with Crippen molar-refractivity contribution in [1.29, 1.82) is 0 Å². The second kappa shape index (κ2) is 6.08. The maximum absolute atomic E-state index is 10.8. The molecule has 1 heterocycles. The maximum Gasteiger partial charge on any atom is 0.471 e. The lowest BCUT2D eigenvalue weighted by Crippen LogP contribution is -2.14. The number of likely N-dealkylation sites (N-methyl/N-ethyl adjacent to an activating group) is 1. The zero-order valence-corrected chi connectivity index (χ0v) is 12.5. The van der Waals surface area contributed by atoms with E-state index in [2.05, 4.69) is 9.42 Å². The van der Waals surface area contributed by atoms with Crippen LogP contribution in [0, 0.1) is 0 Å². The van der Waals surface area contributed by atoms with Crippen LogP contribution in [0.1, 0.15) is 5.56 Å². The summed E-state index contributed by atoms with van der Waals surface area (Å²) < 4.78 is 17.1. The van der Waals surface area contributed by atoms with Gasteiger partial charge in [-0.15, -0.1) is 0 Å². The van der Waals surface area contributed by atoms with E-state index in [1.165, 1.54) is 0 Å². The molecule has 0 bridgehead atoms. The molecule has 6 nitrogen and oxygen atoms in total. The molecule has 0 aliphatic rings. The van der Waals surface area contributed by atoms with E-state index in [1.807, 2.05) is 44.6 Å². The van der Waals surface area contributed by atoms with Crippen LogP contribution in [0.3, 0.4) is 0 Å². The van der Waals surface area contributed by atoms with Crippen molar-refractivity contribution in [2.75, 3.05) is 20.6 Å². The molecule has 2 aromatic rings. The van der Waals surface area contributed by atoms with Crippen molar-refractivity contribution < 1.29 is 18.9 Å². The van der Waals surface area contributed by atoms with Crippen molar-refractivity contribution >= 4 is 18.7 Å². The Balaban J connectivity index is 2.28. The highest BCUT2D eigenvalue weighted by Crippen LogP contribution is 2.36. The molecule has 0 unspecified atom stereocenters. The lowest BCUT2D eigenvalue weighted by molar-refractivity contribution is 0.156. The summed E-state index contributed by atoms with van der Waals surface area (Å²) in [6.07, 6.45) is 2.76. The topological polar surface area (TPSA) is 74.9 Å². The fourth-order valence-corrected chi connectivity index (χ4v) is 2.39. The second-order valence-corrected chi connectivity index (χ2v) is 6.18. The van der Waals surface area contributed by atoms with Crippen molar-refractivity contribution in [2.45, 2.75) is 13.2 Å². The molecule has 1 aromatic carbocycles. The number of hydrogen-bond donors (Lipinski definition) is 2. The van der Waals surface area contributed by atoms with Crippen molar-refractivity contribution in [3.05, 3.63) is 36.0 Å². The molecule has 0 saturated carbocycles. The quantitative estimate of drug-likeness (QED) is 0.796. The summed E-state index contributed by atoms with van der Waals surface area (Å²) in [5, 5.41) is 1.09. The van der Waals surface area contributed by atoms with E-state index in [0.29, 0.717) is 0 Å². The van der Waals surface area contributed by atoms with Crippen molar-refractivity contribution in [1.82, 2.24) is 9.47 Å². The number of phosphoric acid groups is 1. The number of nitrogens with zero attached hydrogens (tertiary/aromatic N) is 2. The van der Waals surface area contributed by atoms with Gasteiger partial charge in [-0.05, 0) is 32.1 Å². The van der Waals surface area contributed by atoms with Gasteiger partial charge in [-0.3, -0.25) is 4.52 Å². The molecule has 0 aliphatic carbocycles. The molecule has 2 N–H and O–H groups in total. The average molecular weight is 298 g/mol. The smallest absolute Gasteiger partial charge is 0.323 e. The summed E-state index contributed by atoms with van der Waals surface area (Å²) in [6.45, 7) is 0.750. The van der Waals surface area contributed by atoms with Crippen LogP contribution in [0.4, 0.5) is 0 Å². The van der Waals surface area contributed by atoms with E-state index >= 15 is 0 Å². The lowest BCUT2D eigenvalue weighted by atomic mass is 10.1. The molecule has 2 rings (SSSR count). The largest absolute Gasteiger partial charge is 0.471 e. The third kappa shape index (κ3) is 3.91. The van der Waals surface area contributed by atoms with Crippen molar-refractivity contribution in [2.24, 2.45) is 0 Å². The number of benzene rings is 1. The molecule has 0 radical (unpaired) electrons. The zero-order valence-electron chi connectivity index (χ0n) is 11.6. The maximum atomic E-state index is 10.8. The Bertz CT molecular complexity index is 632. The van der Waals surface area contributed by atoms with E-state index in [-0.39, 0.29) is 6.73 Å². The minimum atomic E-state index is -4.46. The minimum absolute atomic E-state index is 0.160. The van der Waals surface area contributed by atoms with Crippen LogP contribution in [0.15, 0.2) is 30.5 Å². The number of aromatic nitrogens is 1. The van der Waals surface area contributed by atoms with Crippen molar-refractivity contribution in [3.8, 4) is 0 Å². The highest BCUT2D eigenvalue weighted by molar-refractivity contribution is 7.46. The summed E-state index contributed by atoms with van der Waals surface area (Å²) in [5.74, 6) is 0. The van der Waals surface area contributed by atoms with Crippen LogP contribution >= 0.6 is 7.82 Å². The Morgan fingerprint density at radius 1 is 1.30 bits per heavy atom. The Morgan fingerprint density at radius 2 is 2.00 bits per heavy atom. The zero-order chi connectivity index (χ0) is 14.8. The van der Waals surface area contributed by atoms with Gasteiger partial charge in [0.15, 0.2) is 0 Å². The molecular formula is C13H19N2O4P. The molecule has 1 aromatic heterocycles. The molecule has 0 fully saturated rings. The van der Waals surface area contributed by atoms with Crippen LogP contribution in [0.2, 0.25) is 0 Å². The van der Waals surface area contributed by atoms with Crippen LogP contribution in [0.25, 0.3) is 10.9 Å².